The number of amides is 1. The molecule has 5 heteroatoms. The maximum absolute atomic E-state index is 13.8. The average molecular weight is 322 g/mol. The quantitative estimate of drug-likeness (QED) is 0.897. The summed E-state index contributed by atoms with van der Waals surface area (Å²) in [7, 11) is 0. The Morgan fingerprint density at radius 1 is 1.14 bits per heavy atom. The van der Waals surface area contributed by atoms with E-state index in [0.717, 1.165) is 18.9 Å². The molecule has 3 rings (SSSR count). The largest absolute Gasteiger partial charge is 0.349 e. The third-order valence-electron chi connectivity index (χ3n) is 4.07. The first-order chi connectivity index (χ1) is 10.6. The second-order valence-electron chi connectivity index (χ2n) is 5.41. The van der Waals surface area contributed by atoms with E-state index in [2.05, 4.69) is 5.32 Å². The van der Waals surface area contributed by atoms with Crippen LogP contribution in [-0.2, 0) is 0 Å². The lowest BCUT2D eigenvalue weighted by Crippen LogP contribution is -2.45. The van der Waals surface area contributed by atoms with Gasteiger partial charge in [-0.05, 0) is 36.6 Å². The van der Waals surface area contributed by atoms with E-state index in [1.54, 1.807) is 24.3 Å². The lowest BCUT2D eigenvalue weighted by Gasteiger charge is -2.37. The standard InChI is InChI=1S/C17H14ClF2NO/c18-14-4-2-1-3-13(14)17(22)21-16-8-7-12(16)11-6-5-10(19)9-15(11)20/h1-6,9,12,16H,7-8H2,(H,21,22)/t12-,16-/m0/s1. The molecule has 0 spiro atoms. The molecule has 2 aromatic rings. The SMILES string of the molecule is O=C(N[C@H]1CC[C@H]1c1ccc(F)cc1F)c1ccccc1Cl. The van der Waals surface area contributed by atoms with E-state index in [1.165, 1.54) is 12.1 Å². The highest BCUT2D eigenvalue weighted by atomic mass is 35.5. The molecule has 2 atom stereocenters. The Hall–Kier alpha value is -1.94. The summed E-state index contributed by atoms with van der Waals surface area (Å²) in [5.74, 6) is -1.58. The molecule has 0 bridgehead atoms. The number of carbonyl (C=O) groups excluding carboxylic acids is 1. The fraction of sp³-hybridized carbons (Fsp3) is 0.235. The number of halogens is 3. The van der Waals surface area contributed by atoms with Gasteiger partial charge in [-0.1, -0.05) is 29.8 Å². The first-order valence-electron chi connectivity index (χ1n) is 7.06. The topological polar surface area (TPSA) is 29.1 Å². The van der Waals surface area contributed by atoms with Crippen molar-refractivity contribution < 1.29 is 13.6 Å². The van der Waals surface area contributed by atoms with Crippen LogP contribution in [0.4, 0.5) is 8.78 Å². The molecule has 1 aliphatic rings. The fourth-order valence-corrected chi connectivity index (χ4v) is 2.96. The summed E-state index contributed by atoms with van der Waals surface area (Å²) in [5, 5.41) is 3.26. The Morgan fingerprint density at radius 2 is 1.91 bits per heavy atom. The number of hydrogen-bond donors (Lipinski definition) is 1. The highest BCUT2D eigenvalue weighted by Crippen LogP contribution is 2.38. The number of nitrogens with one attached hydrogen (secondary N) is 1. The predicted molar refractivity (Wildman–Crippen MR) is 81.0 cm³/mol. The minimum absolute atomic E-state index is 0.132. The summed E-state index contributed by atoms with van der Waals surface area (Å²) in [5.41, 5.74) is 0.839. The van der Waals surface area contributed by atoms with Gasteiger partial charge in [0.2, 0.25) is 0 Å². The van der Waals surface area contributed by atoms with E-state index in [4.69, 9.17) is 11.6 Å². The predicted octanol–water partition coefficient (Wildman–Crippen LogP) is 4.29. The maximum atomic E-state index is 13.8. The summed E-state index contributed by atoms with van der Waals surface area (Å²) in [6, 6.07) is 10.2. The third kappa shape index (κ3) is 2.83. The molecule has 1 aliphatic carbocycles. The third-order valence-corrected chi connectivity index (χ3v) is 4.40. The molecular formula is C17H14ClF2NO. The fourth-order valence-electron chi connectivity index (χ4n) is 2.74. The van der Waals surface area contributed by atoms with Crippen LogP contribution < -0.4 is 5.32 Å². The Balaban J connectivity index is 1.74. The van der Waals surface area contributed by atoms with Crippen molar-refractivity contribution in [3.8, 4) is 0 Å². The van der Waals surface area contributed by atoms with Crippen molar-refractivity contribution in [1.29, 1.82) is 0 Å². The van der Waals surface area contributed by atoms with Crippen molar-refractivity contribution in [2.45, 2.75) is 24.8 Å². The monoisotopic (exact) mass is 321 g/mol. The molecule has 2 nitrogen and oxygen atoms in total. The Morgan fingerprint density at radius 3 is 2.55 bits per heavy atom. The summed E-state index contributed by atoms with van der Waals surface area (Å²) < 4.78 is 26.8. The van der Waals surface area contributed by atoms with Crippen molar-refractivity contribution in [1.82, 2.24) is 5.32 Å². The van der Waals surface area contributed by atoms with Gasteiger partial charge in [0.15, 0.2) is 0 Å². The molecule has 0 saturated heterocycles. The van der Waals surface area contributed by atoms with Crippen LogP contribution in [-0.4, -0.2) is 11.9 Å². The first-order valence-corrected chi connectivity index (χ1v) is 7.44. The van der Waals surface area contributed by atoms with E-state index in [9.17, 15) is 13.6 Å². The first kappa shape index (κ1) is 15.0. The van der Waals surface area contributed by atoms with Crippen molar-refractivity contribution in [3.05, 3.63) is 70.2 Å². The molecule has 114 valence electrons. The summed E-state index contributed by atoms with van der Waals surface area (Å²) >= 11 is 6.00. The van der Waals surface area contributed by atoms with E-state index in [0.29, 0.717) is 16.1 Å². The van der Waals surface area contributed by atoms with Gasteiger partial charge in [-0.3, -0.25) is 4.79 Å². The van der Waals surface area contributed by atoms with Crippen LogP contribution in [0.5, 0.6) is 0 Å². The molecule has 1 amide bonds. The Labute approximate surface area is 132 Å². The number of benzene rings is 2. The van der Waals surface area contributed by atoms with Crippen LogP contribution in [0.25, 0.3) is 0 Å². The van der Waals surface area contributed by atoms with Crippen LogP contribution in [0, 0.1) is 11.6 Å². The van der Waals surface area contributed by atoms with Crippen LogP contribution in [0.15, 0.2) is 42.5 Å². The van der Waals surface area contributed by atoms with Gasteiger partial charge in [-0.15, -0.1) is 0 Å². The molecule has 1 fully saturated rings. The zero-order chi connectivity index (χ0) is 15.7. The van der Waals surface area contributed by atoms with Crippen molar-refractivity contribution >= 4 is 17.5 Å². The number of rotatable bonds is 3. The van der Waals surface area contributed by atoms with Crippen molar-refractivity contribution in [2.24, 2.45) is 0 Å². The normalized spacial score (nSPS) is 20.3. The second kappa shape index (κ2) is 6.05. The Bertz CT molecular complexity index is 720. The molecule has 0 aliphatic heterocycles. The van der Waals surface area contributed by atoms with Crippen molar-refractivity contribution in [3.63, 3.8) is 0 Å². The lowest BCUT2D eigenvalue weighted by molar-refractivity contribution is 0.0903. The molecule has 0 aromatic heterocycles. The van der Waals surface area contributed by atoms with Crippen LogP contribution in [0.1, 0.15) is 34.7 Å². The van der Waals surface area contributed by atoms with E-state index in [-0.39, 0.29) is 17.9 Å². The molecule has 2 aromatic carbocycles. The summed E-state index contributed by atoms with van der Waals surface area (Å²) in [6.45, 7) is 0. The number of carbonyl (C=O) groups is 1. The van der Waals surface area contributed by atoms with Gasteiger partial charge >= 0.3 is 0 Å². The maximum Gasteiger partial charge on any atom is 0.253 e. The van der Waals surface area contributed by atoms with Gasteiger partial charge in [0, 0.05) is 18.0 Å². The van der Waals surface area contributed by atoms with Gasteiger partial charge in [0.05, 0.1) is 10.6 Å². The van der Waals surface area contributed by atoms with Gasteiger partial charge in [0.1, 0.15) is 11.6 Å². The zero-order valence-corrected chi connectivity index (χ0v) is 12.4. The van der Waals surface area contributed by atoms with Crippen LogP contribution in [0.2, 0.25) is 5.02 Å². The Kier molecular flexibility index (Phi) is 4.12. The molecule has 1 N–H and O–H groups in total. The number of hydrogen-bond acceptors (Lipinski definition) is 1. The molecule has 22 heavy (non-hydrogen) atoms. The van der Waals surface area contributed by atoms with Gasteiger partial charge in [-0.25, -0.2) is 8.78 Å². The summed E-state index contributed by atoms with van der Waals surface area (Å²) in [4.78, 5) is 12.2. The van der Waals surface area contributed by atoms with Gasteiger partial charge in [-0.2, -0.15) is 0 Å². The van der Waals surface area contributed by atoms with Crippen LogP contribution in [0.3, 0.4) is 0 Å². The van der Waals surface area contributed by atoms with Gasteiger partial charge < -0.3 is 5.32 Å². The average Bonchev–Trinajstić information content (AvgIpc) is 2.46. The smallest absolute Gasteiger partial charge is 0.253 e. The van der Waals surface area contributed by atoms with Gasteiger partial charge in [0.25, 0.3) is 5.91 Å². The molecule has 0 radical (unpaired) electrons. The summed E-state index contributed by atoms with van der Waals surface area (Å²) in [6.07, 6.45) is 1.52. The molecule has 0 heterocycles. The lowest BCUT2D eigenvalue weighted by atomic mass is 9.74. The van der Waals surface area contributed by atoms with E-state index < -0.39 is 11.6 Å². The molecule has 1 saturated carbocycles. The highest BCUT2D eigenvalue weighted by molar-refractivity contribution is 6.33. The minimum Gasteiger partial charge on any atom is -0.349 e. The molecular weight excluding hydrogens is 308 g/mol. The molecule has 0 unspecified atom stereocenters. The van der Waals surface area contributed by atoms with E-state index in [1.807, 2.05) is 0 Å². The van der Waals surface area contributed by atoms with E-state index >= 15 is 0 Å². The van der Waals surface area contributed by atoms with Crippen LogP contribution >= 0.6 is 11.6 Å². The second-order valence-corrected chi connectivity index (χ2v) is 5.82. The minimum atomic E-state index is -0.600. The zero-order valence-electron chi connectivity index (χ0n) is 11.7. The van der Waals surface area contributed by atoms with Crippen molar-refractivity contribution in [2.75, 3.05) is 0 Å². The highest BCUT2D eigenvalue weighted by Gasteiger charge is 2.35.